The number of methoxy groups -OCH3 is 2. The number of aromatic nitrogens is 2. The van der Waals surface area contributed by atoms with Crippen molar-refractivity contribution in [2.24, 2.45) is 0 Å². The van der Waals surface area contributed by atoms with E-state index in [1.54, 1.807) is 30.3 Å². The molecule has 0 unspecified atom stereocenters. The summed E-state index contributed by atoms with van der Waals surface area (Å²) in [7, 11) is 3.04. The van der Waals surface area contributed by atoms with Crippen molar-refractivity contribution in [2.45, 2.75) is 0 Å². The van der Waals surface area contributed by atoms with Crippen LogP contribution in [-0.4, -0.2) is 30.1 Å². The van der Waals surface area contributed by atoms with Crippen molar-refractivity contribution >= 4 is 23.2 Å². The Hall–Kier alpha value is -3.68. The van der Waals surface area contributed by atoms with Crippen molar-refractivity contribution in [1.82, 2.24) is 9.97 Å². The summed E-state index contributed by atoms with van der Waals surface area (Å²) in [5.74, 6) is 0.495. The van der Waals surface area contributed by atoms with Gasteiger partial charge in [-0.05, 0) is 42.5 Å². The maximum Gasteiger partial charge on any atom is 0.274 e. The zero-order valence-corrected chi connectivity index (χ0v) is 14.7. The van der Waals surface area contributed by atoms with Crippen LogP contribution in [-0.2, 0) is 0 Å². The summed E-state index contributed by atoms with van der Waals surface area (Å²) in [5.41, 5.74) is 1.21. The van der Waals surface area contributed by atoms with Crippen LogP contribution >= 0.6 is 0 Å². The lowest BCUT2D eigenvalue weighted by Gasteiger charge is -2.12. The van der Waals surface area contributed by atoms with E-state index in [0.717, 1.165) is 0 Å². The van der Waals surface area contributed by atoms with Gasteiger partial charge in [-0.1, -0.05) is 0 Å². The number of nitrogens with zero attached hydrogens (tertiary/aromatic N) is 2. The lowest BCUT2D eigenvalue weighted by Crippen LogP contribution is -2.15. The molecule has 27 heavy (non-hydrogen) atoms. The van der Waals surface area contributed by atoms with Gasteiger partial charge in [-0.2, -0.15) is 0 Å². The highest BCUT2D eigenvalue weighted by molar-refractivity contribution is 6.04. The second-order valence-electron chi connectivity index (χ2n) is 5.42. The number of hydrogen-bond donors (Lipinski definition) is 2. The lowest BCUT2D eigenvalue weighted by atomic mass is 10.2. The molecule has 0 saturated heterocycles. The molecule has 0 bridgehead atoms. The van der Waals surface area contributed by atoms with Crippen molar-refractivity contribution in [1.29, 1.82) is 0 Å². The third kappa shape index (κ3) is 4.49. The Morgan fingerprint density at radius 3 is 2.52 bits per heavy atom. The van der Waals surface area contributed by atoms with E-state index >= 15 is 0 Å². The number of benzene rings is 2. The van der Waals surface area contributed by atoms with E-state index in [1.807, 2.05) is 0 Å². The molecule has 1 aromatic heterocycles. The quantitative estimate of drug-likeness (QED) is 0.691. The molecule has 1 heterocycles. The molecule has 0 aliphatic rings. The van der Waals surface area contributed by atoms with Crippen LogP contribution in [0.2, 0.25) is 0 Å². The van der Waals surface area contributed by atoms with E-state index in [1.165, 1.54) is 38.6 Å². The Labute approximate surface area is 155 Å². The van der Waals surface area contributed by atoms with Gasteiger partial charge in [0.2, 0.25) is 5.95 Å². The summed E-state index contributed by atoms with van der Waals surface area (Å²) in [4.78, 5) is 20.8. The summed E-state index contributed by atoms with van der Waals surface area (Å²) in [6.45, 7) is 0. The first-order valence-corrected chi connectivity index (χ1v) is 7.98. The van der Waals surface area contributed by atoms with Crippen molar-refractivity contribution in [3.8, 4) is 11.5 Å². The summed E-state index contributed by atoms with van der Waals surface area (Å²) in [6, 6.07) is 12.3. The molecule has 0 aliphatic heterocycles. The molecule has 0 saturated carbocycles. The van der Waals surface area contributed by atoms with Crippen LogP contribution in [0.3, 0.4) is 0 Å². The predicted octanol–water partition coefficient (Wildman–Crippen LogP) is 3.63. The zero-order chi connectivity index (χ0) is 19.2. The first kappa shape index (κ1) is 18.1. The highest BCUT2D eigenvalue weighted by Gasteiger charge is 2.13. The molecule has 2 aromatic carbocycles. The molecule has 1 amide bonds. The fourth-order valence-corrected chi connectivity index (χ4v) is 2.31. The molecule has 0 atom stereocenters. The molecule has 0 aliphatic carbocycles. The molecular weight excluding hydrogens is 351 g/mol. The van der Waals surface area contributed by atoms with Crippen LogP contribution < -0.4 is 20.1 Å². The number of rotatable bonds is 6. The number of halogens is 1. The monoisotopic (exact) mass is 368 g/mol. The van der Waals surface area contributed by atoms with Crippen molar-refractivity contribution < 1.29 is 18.7 Å². The van der Waals surface area contributed by atoms with Gasteiger partial charge in [0, 0.05) is 18.0 Å². The molecule has 7 nitrogen and oxygen atoms in total. The van der Waals surface area contributed by atoms with Gasteiger partial charge in [-0.3, -0.25) is 4.79 Å². The maximum atomic E-state index is 13.0. The van der Waals surface area contributed by atoms with Gasteiger partial charge in [0.25, 0.3) is 5.91 Å². The molecule has 0 fully saturated rings. The highest BCUT2D eigenvalue weighted by atomic mass is 19.1. The fourth-order valence-electron chi connectivity index (χ4n) is 2.31. The topological polar surface area (TPSA) is 85.4 Å². The van der Waals surface area contributed by atoms with Gasteiger partial charge in [-0.25, -0.2) is 14.4 Å². The average Bonchev–Trinajstić information content (AvgIpc) is 2.70. The molecule has 3 aromatic rings. The molecule has 3 rings (SSSR count). The molecule has 0 radical (unpaired) electrons. The van der Waals surface area contributed by atoms with Gasteiger partial charge in [0.15, 0.2) is 0 Å². The second-order valence-corrected chi connectivity index (χ2v) is 5.42. The van der Waals surface area contributed by atoms with Gasteiger partial charge in [-0.15, -0.1) is 0 Å². The van der Waals surface area contributed by atoms with Crippen molar-refractivity contribution in [3.05, 3.63) is 66.2 Å². The summed E-state index contributed by atoms with van der Waals surface area (Å²) >= 11 is 0. The van der Waals surface area contributed by atoms with Gasteiger partial charge in [0.1, 0.15) is 23.0 Å². The average molecular weight is 368 g/mol. The van der Waals surface area contributed by atoms with E-state index < -0.39 is 5.91 Å². The van der Waals surface area contributed by atoms with Gasteiger partial charge >= 0.3 is 0 Å². The van der Waals surface area contributed by atoms with Crippen LogP contribution in [0.15, 0.2) is 54.7 Å². The van der Waals surface area contributed by atoms with E-state index in [0.29, 0.717) is 22.9 Å². The number of hydrogen-bond acceptors (Lipinski definition) is 6. The number of carbonyl (C=O) groups is 1. The van der Waals surface area contributed by atoms with E-state index in [2.05, 4.69) is 20.6 Å². The minimum absolute atomic E-state index is 0.152. The second kappa shape index (κ2) is 8.13. The van der Waals surface area contributed by atoms with Crippen LogP contribution in [0.25, 0.3) is 0 Å². The Morgan fingerprint density at radius 2 is 1.81 bits per heavy atom. The van der Waals surface area contributed by atoms with E-state index in [9.17, 15) is 9.18 Å². The number of anilines is 3. The SMILES string of the molecule is COc1ccc(OC)c(NC(=O)c2ccnc(Nc3ccc(F)cc3)n2)c1. The molecule has 8 heteroatoms. The van der Waals surface area contributed by atoms with Crippen LogP contribution in [0, 0.1) is 5.82 Å². The summed E-state index contributed by atoms with van der Waals surface area (Å²) in [6.07, 6.45) is 1.45. The number of nitrogens with one attached hydrogen (secondary N) is 2. The standard InChI is InChI=1S/C19H17FN4O3/c1-26-14-7-8-17(27-2)16(11-14)23-18(25)15-9-10-21-19(24-15)22-13-5-3-12(20)4-6-13/h3-11H,1-2H3,(H,23,25)(H,21,22,24). The third-order valence-electron chi connectivity index (χ3n) is 3.64. The Morgan fingerprint density at radius 1 is 1.04 bits per heavy atom. The Bertz CT molecular complexity index is 948. The first-order chi connectivity index (χ1) is 13.1. The zero-order valence-electron chi connectivity index (χ0n) is 14.7. The Balaban J connectivity index is 1.78. The van der Waals surface area contributed by atoms with Crippen LogP contribution in [0.5, 0.6) is 11.5 Å². The number of amides is 1. The first-order valence-electron chi connectivity index (χ1n) is 7.98. The number of carbonyl (C=O) groups excluding carboxylic acids is 1. The Kier molecular flexibility index (Phi) is 5.46. The van der Waals surface area contributed by atoms with Crippen molar-refractivity contribution in [3.63, 3.8) is 0 Å². The summed E-state index contributed by atoms with van der Waals surface area (Å²) in [5, 5.41) is 5.66. The van der Waals surface area contributed by atoms with Gasteiger partial charge < -0.3 is 20.1 Å². The summed E-state index contributed by atoms with van der Waals surface area (Å²) < 4.78 is 23.4. The largest absolute Gasteiger partial charge is 0.497 e. The van der Waals surface area contributed by atoms with Crippen LogP contribution in [0.1, 0.15) is 10.5 Å². The highest BCUT2D eigenvalue weighted by Crippen LogP contribution is 2.29. The van der Waals surface area contributed by atoms with Crippen LogP contribution in [0.4, 0.5) is 21.7 Å². The van der Waals surface area contributed by atoms with Gasteiger partial charge in [0.05, 0.1) is 19.9 Å². The van der Waals surface area contributed by atoms with E-state index in [-0.39, 0.29) is 17.5 Å². The third-order valence-corrected chi connectivity index (χ3v) is 3.64. The number of ether oxygens (including phenoxy) is 2. The minimum Gasteiger partial charge on any atom is -0.497 e. The minimum atomic E-state index is -0.439. The molecule has 138 valence electrons. The molecular formula is C19H17FN4O3. The molecule has 2 N–H and O–H groups in total. The fraction of sp³-hybridized carbons (Fsp3) is 0.105. The smallest absolute Gasteiger partial charge is 0.274 e. The predicted molar refractivity (Wildman–Crippen MR) is 99.2 cm³/mol. The lowest BCUT2D eigenvalue weighted by molar-refractivity contribution is 0.102. The molecule has 0 spiro atoms. The normalized spacial score (nSPS) is 10.2. The van der Waals surface area contributed by atoms with Crippen molar-refractivity contribution in [2.75, 3.05) is 24.9 Å². The maximum absolute atomic E-state index is 13.0. The van der Waals surface area contributed by atoms with E-state index in [4.69, 9.17) is 9.47 Å².